The number of aryl methyl sites for hydroxylation is 2. The van der Waals surface area contributed by atoms with Gasteiger partial charge in [-0.05, 0) is 84.5 Å². The van der Waals surface area contributed by atoms with E-state index in [0.29, 0.717) is 76.2 Å². The molecule has 6 aromatic carbocycles. The minimum Gasteiger partial charge on any atom is -0.508 e. The fourth-order valence-electron chi connectivity index (χ4n) is 9.92. The van der Waals surface area contributed by atoms with Gasteiger partial charge in [0.15, 0.2) is 11.5 Å². The smallest absolute Gasteiger partial charge is 0.261 e. The van der Waals surface area contributed by atoms with Gasteiger partial charge < -0.3 is 19.3 Å². The number of ether oxygens (including phenoxy) is 3. The number of aromatic hydroxyl groups is 1. The largest absolute Gasteiger partial charge is 0.508 e. The highest BCUT2D eigenvalue weighted by molar-refractivity contribution is 14.1. The molecule has 0 aromatic heterocycles. The third-order valence-electron chi connectivity index (χ3n) is 13.5. The zero-order valence-corrected chi connectivity index (χ0v) is 44.4. The summed E-state index contributed by atoms with van der Waals surface area (Å²) >= 11 is 4.77. The first-order valence-electron chi connectivity index (χ1n) is 24.0. The monoisotopic (exact) mass is 1230 g/mol. The van der Waals surface area contributed by atoms with E-state index < -0.39 is 0 Å². The average Bonchev–Trinajstić information content (AvgIpc) is 4.02. The number of carbonyl (C=O) groups is 3. The highest BCUT2D eigenvalue weighted by Crippen LogP contribution is 2.43. The second-order valence-electron chi connectivity index (χ2n) is 18.2. The lowest BCUT2D eigenvalue weighted by atomic mass is 10.1. The van der Waals surface area contributed by atoms with Crippen LogP contribution in [0, 0.1) is 13.8 Å². The number of phenols is 1. The average molecular weight is 1240 g/mol. The molecule has 6 aliphatic rings. The number of anilines is 3. The van der Waals surface area contributed by atoms with Crippen LogP contribution in [0.5, 0.6) is 23.0 Å². The second-order valence-corrected chi connectivity index (χ2v) is 20.3. The lowest BCUT2D eigenvalue weighted by Crippen LogP contribution is -2.37. The summed E-state index contributed by atoms with van der Waals surface area (Å²) < 4.78 is 20.5. The molecule has 390 valence electrons. The maximum atomic E-state index is 13.7. The molecule has 0 aliphatic carbocycles. The third kappa shape index (κ3) is 11.1. The first kappa shape index (κ1) is 56.1. The summed E-state index contributed by atoms with van der Waals surface area (Å²) in [5.41, 5.74) is 11.1. The van der Waals surface area contributed by atoms with Gasteiger partial charge in [-0.3, -0.25) is 44.1 Å². The van der Waals surface area contributed by atoms with Crippen LogP contribution in [-0.2, 0) is 19.3 Å². The Hall–Kier alpha value is -6.60. The predicted molar refractivity (Wildman–Crippen MR) is 322 cm³/mol. The number of hydrogen-bond acceptors (Lipinski definition) is 10. The van der Waals surface area contributed by atoms with Crippen molar-refractivity contribution in [1.29, 1.82) is 0 Å². The Bertz CT molecular complexity index is 3210. The standard InChI is InChI=1S/C37H32N4O5.C17H14N2O2.C3H6I2.3CH4/c1-22-14-27-29(38-20-25-15-23-8-3-5-10-31(23)40(25)36(27)42)18-33(22)45-12-7-13-46-35-19-30-28(17-34(35)44-2)37(43)41-26(21-39-30)16-24-9-4-6-11-32(24)41;1-10-6-13-14(8-16(10)20)18-9-12-7-11-4-2-3-5-15(11)19(12)17(13)21;4-2-1-3-5;;;/h3-6,8-11,14,17-21,25-26H,7,12-13,15-16H2,1-2H3;2-6,8-9,12,20H,7H2,1H3;1-3H2;3*1H4/t25-,26-;12-;;;;/m00..../s1. The number of fused-ring (bicyclic) bond motifs is 12. The lowest BCUT2D eigenvalue weighted by Gasteiger charge is -2.22. The molecule has 6 aliphatic heterocycles. The van der Waals surface area contributed by atoms with Crippen LogP contribution in [-0.4, -0.2) is 88.8 Å². The van der Waals surface area contributed by atoms with Gasteiger partial charge in [-0.15, -0.1) is 0 Å². The number of alkyl halides is 2. The van der Waals surface area contributed by atoms with Crippen molar-refractivity contribution in [3.63, 3.8) is 0 Å². The van der Waals surface area contributed by atoms with E-state index in [1.807, 2.05) is 102 Å². The van der Waals surface area contributed by atoms with Crippen LogP contribution in [0.4, 0.5) is 34.1 Å². The van der Waals surface area contributed by atoms with Gasteiger partial charge in [-0.25, -0.2) is 0 Å². The van der Waals surface area contributed by atoms with E-state index in [1.54, 1.807) is 49.4 Å². The molecule has 0 radical (unpaired) electrons. The lowest BCUT2D eigenvalue weighted by molar-refractivity contribution is 0.0979. The molecule has 6 aromatic rings. The number of carbonyl (C=O) groups excluding carboxylic acids is 3. The van der Waals surface area contributed by atoms with Crippen molar-refractivity contribution >= 4 is 116 Å². The van der Waals surface area contributed by atoms with Gasteiger partial charge in [-0.1, -0.05) is 122 Å². The molecule has 0 spiro atoms. The van der Waals surface area contributed by atoms with Crippen LogP contribution in [0.2, 0.25) is 0 Å². The van der Waals surface area contributed by atoms with Crippen LogP contribution < -0.4 is 28.9 Å². The minimum atomic E-state index is -0.126. The Balaban J connectivity index is 0.000000236. The van der Waals surface area contributed by atoms with Crippen LogP contribution in [0.3, 0.4) is 0 Å². The Morgan fingerprint density at radius 1 is 0.520 bits per heavy atom. The van der Waals surface area contributed by atoms with Gasteiger partial charge in [0.2, 0.25) is 0 Å². The fraction of sp³-hybridized carbons (Fsp3) is 0.300. The third-order valence-corrected chi connectivity index (χ3v) is 15.0. The Kier molecular flexibility index (Phi) is 18.2. The number of benzene rings is 6. The molecular formula is C60H64I2N6O7. The Morgan fingerprint density at radius 3 is 1.33 bits per heavy atom. The van der Waals surface area contributed by atoms with E-state index >= 15 is 0 Å². The summed E-state index contributed by atoms with van der Waals surface area (Å²) in [6.45, 7) is 4.49. The van der Waals surface area contributed by atoms with Gasteiger partial charge in [0.05, 0.1) is 72.2 Å². The summed E-state index contributed by atoms with van der Waals surface area (Å²) in [6.07, 6.45) is 9.75. The van der Waals surface area contributed by atoms with Gasteiger partial charge in [0, 0.05) is 88.4 Å². The Morgan fingerprint density at radius 2 is 0.907 bits per heavy atom. The first-order chi connectivity index (χ1) is 35.1. The van der Waals surface area contributed by atoms with Crippen molar-refractivity contribution in [3.05, 3.63) is 154 Å². The molecule has 12 rings (SSSR count). The van der Waals surface area contributed by atoms with Gasteiger partial charge >= 0.3 is 0 Å². The molecule has 3 amide bonds. The van der Waals surface area contributed by atoms with E-state index in [4.69, 9.17) is 19.2 Å². The van der Waals surface area contributed by atoms with Crippen LogP contribution in [0.1, 0.15) is 94.0 Å². The molecule has 3 atom stereocenters. The number of phenolic OH excluding ortho intramolecular Hbond substituents is 1. The number of hydrogen-bond donors (Lipinski definition) is 1. The van der Waals surface area contributed by atoms with E-state index in [0.717, 1.165) is 53.0 Å². The van der Waals surface area contributed by atoms with Crippen molar-refractivity contribution < 1.29 is 33.7 Å². The van der Waals surface area contributed by atoms with Crippen molar-refractivity contribution in [2.24, 2.45) is 15.0 Å². The highest BCUT2D eigenvalue weighted by atomic mass is 127. The maximum Gasteiger partial charge on any atom is 0.261 e. The normalized spacial score (nSPS) is 17.3. The number of aliphatic imine (C=N–C) groups is 3. The fourth-order valence-corrected chi connectivity index (χ4v) is 12.1. The quantitative estimate of drug-likeness (QED) is 0.0861. The molecule has 15 heteroatoms. The van der Waals surface area contributed by atoms with E-state index in [2.05, 4.69) is 67.3 Å². The molecule has 0 fully saturated rings. The van der Waals surface area contributed by atoms with E-state index in [1.165, 1.54) is 20.8 Å². The number of halogens is 2. The molecule has 0 saturated heterocycles. The van der Waals surface area contributed by atoms with Crippen molar-refractivity contribution in [2.45, 2.75) is 86.4 Å². The zero-order valence-electron chi connectivity index (χ0n) is 40.1. The molecule has 75 heavy (non-hydrogen) atoms. The zero-order chi connectivity index (χ0) is 50.0. The van der Waals surface area contributed by atoms with Crippen LogP contribution in [0.25, 0.3) is 0 Å². The summed E-state index contributed by atoms with van der Waals surface area (Å²) in [4.78, 5) is 59.4. The van der Waals surface area contributed by atoms with Crippen molar-refractivity contribution in [2.75, 3.05) is 43.9 Å². The van der Waals surface area contributed by atoms with Crippen molar-refractivity contribution in [3.8, 4) is 23.0 Å². The number of rotatable bonds is 9. The van der Waals surface area contributed by atoms with E-state index in [9.17, 15) is 19.5 Å². The minimum absolute atomic E-state index is 0. The summed E-state index contributed by atoms with van der Waals surface area (Å²) in [5.74, 6) is 1.64. The number of methoxy groups -OCH3 is 1. The predicted octanol–water partition coefficient (Wildman–Crippen LogP) is 13.6. The first-order valence-corrected chi connectivity index (χ1v) is 27.1. The van der Waals surface area contributed by atoms with Gasteiger partial charge in [0.25, 0.3) is 17.7 Å². The van der Waals surface area contributed by atoms with Gasteiger partial charge in [0.1, 0.15) is 11.5 Å². The summed E-state index contributed by atoms with van der Waals surface area (Å²) in [5, 5.41) is 9.82. The van der Waals surface area contributed by atoms with Crippen LogP contribution >= 0.6 is 45.2 Å². The maximum absolute atomic E-state index is 13.7. The van der Waals surface area contributed by atoms with Gasteiger partial charge in [-0.2, -0.15) is 0 Å². The number of para-hydroxylation sites is 3. The SMILES string of the molecule is C.C.C.COc1cc2c(cc1OCCCOc1cc3c(cc1C)C(=O)N1c4ccccc4C[C@H]1C=N3)N=C[C@@H]1Cc3ccccc3N1C2=O.Cc1cc2c(cc1O)N=C[C@@H]1Cc3ccccc3N1C2=O.ICCCI. The molecule has 1 N–H and O–H groups in total. The topological polar surface area (TPSA) is 146 Å². The molecule has 0 saturated carbocycles. The number of nitrogens with zero attached hydrogens (tertiary/aromatic N) is 6. The van der Waals surface area contributed by atoms with E-state index in [-0.39, 0.29) is 63.9 Å². The Labute approximate surface area is 468 Å². The second kappa shape index (κ2) is 24.4. The number of amides is 3. The van der Waals surface area contributed by atoms with Crippen LogP contribution in [0.15, 0.2) is 124 Å². The van der Waals surface area contributed by atoms with Crippen molar-refractivity contribution in [1.82, 2.24) is 0 Å². The molecule has 13 nitrogen and oxygen atoms in total. The summed E-state index contributed by atoms with van der Waals surface area (Å²) in [6, 6.07) is 34.2. The summed E-state index contributed by atoms with van der Waals surface area (Å²) in [7, 11) is 1.56. The highest BCUT2D eigenvalue weighted by Gasteiger charge is 2.39. The molecule has 0 unspecified atom stereocenters. The molecular weight excluding hydrogens is 1170 g/mol. The molecule has 0 bridgehead atoms. The molecule has 6 heterocycles.